The van der Waals surface area contributed by atoms with Gasteiger partial charge in [-0.15, -0.1) is 0 Å². The summed E-state index contributed by atoms with van der Waals surface area (Å²) < 4.78 is 16.8. The first-order chi connectivity index (χ1) is 41.0. The minimum atomic E-state index is -0.766. The van der Waals surface area contributed by atoms with E-state index in [1.807, 2.05) is 0 Å². The van der Waals surface area contributed by atoms with E-state index in [9.17, 15) is 14.4 Å². The molecule has 0 heterocycles. The van der Waals surface area contributed by atoms with Gasteiger partial charge in [0, 0.05) is 19.3 Å². The van der Waals surface area contributed by atoms with Crippen LogP contribution in [0, 0.1) is 0 Å². The van der Waals surface area contributed by atoms with Gasteiger partial charge in [0.1, 0.15) is 13.2 Å². The molecule has 0 N–H and O–H groups in total. The quantitative estimate of drug-likeness (QED) is 0.0261. The van der Waals surface area contributed by atoms with E-state index in [4.69, 9.17) is 14.2 Å². The fourth-order valence-electron chi connectivity index (χ4n) is 11.5. The molecule has 0 aliphatic carbocycles. The van der Waals surface area contributed by atoms with Crippen LogP contribution in [0.1, 0.15) is 419 Å². The van der Waals surface area contributed by atoms with E-state index >= 15 is 0 Å². The van der Waals surface area contributed by atoms with Crippen LogP contribution in [-0.4, -0.2) is 37.2 Å². The third-order valence-electron chi connectivity index (χ3n) is 17.1. The van der Waals surface area contributed by atoms with Crippen LogP contribution in [0.15, 0.2) is 36.5 Å². The number of hydrogen-bond donors (Lipinski definition) is 0. The summed E-state index contributed by atoms with van der Waals surface area (Å²) in [6.45, 7) is 6.62. The Morgan fingerprint density at radius 1 is 0.241 bits per heavy atom. The van der Waals surface area contributed by atoms with Gasteiger partial charge in [0.05, 0.1) is 0 Å². The molecule has 83 heavy (non-hydrogen) atoms. The minimum Gasteiger partial charge on any atom is -0.462 e. The monoisotopic (exact) mass is 1170 g/mol. The number of carbonyl (C=O) groups is 3. The van der Waals surface area contributed by atoms with Crippen molar-refractivity contribution >= 4 is 17.9 Å². The molecule has 0 aromatic rings. The molecular weight excluding hydrogens is 1020 g/mol. The molecule has 0 bridgehead atoms. The number of ether oxygens (including phenoxy) is 3. The highest BCUT2D eigenvalue weighted by Gasteiger charge is 2.19. The summed E-state index contributed by atoms with van der Waals surface area (Å²) in [4.78, 5) is 38.1. The van der Waals surface area contributed by atoms with Crippen molar-refractivity contribution in [2.75, 3.05) is 13.2 Å². The second-order valence-electron chi connectivity index (χ2n) is 25.6. The zero-order valence-electron chi connectivity index (χ0n) is 56.2. The second kappa shape index (κ2) is 72.1. The average molecular weight is 1170 g/mol. The molecule has 0 spiro atoms. The molecule has 0 fully saturated rings. The number of esters is 3. The van der Waals surface area contributed by atoms with Gasteiger partial charge in [0.15, 0.2) is 6.10 Å². The maximum Gasteiger partial charge on any atom is 0.306 e. The summed E-state index contributed by atoms with van der Waals surface area (Å²) in [7, 11) is 0. The summed E-state index contributed by atoms with van der Waals surface area (Å²) in [5, 5.41) is 0. The van der Waals surface area contributed by atoms with Crippen LogP contribution in [0.2, 0.25) is 0 Å². The van der Waals surface area contributed by atoms with E-state index in [0.717, 1.165) is 70.6 Å². The van der Waals surface area contributed by atoms with Gasteiger partial charge in [-0.05, 0) is 77.0 Å². The van der Waals surface area contributed by atoms with E-state index in [0.29, 0.717) is 19.3 Å². The van der Waals surface area contributed by atoms with Crippen LogP contribution in [0.25, 0.3) is 0 Å². The Bertz CT molecular complexity index is 1380. The smallest absolute Gasteiger partial charge is 0.306 e. The van der Waals surface area contributed by atoms with Crippen LogP contribution in [0.5, 0.6) is 0 Å². The standard InChI is InChI=1S/C77H144O6/c1-4-7-10-13-15-17-19-21-23-25-27-29-31-33-35-37-38-40-41-43-45-47-49-51-53-55-57-59-61-64-67-70-76(79)82-73-74(72-81-75(78)69-66-63-12-9-6-3)83-77(80)71-68-65-62-60-58-56-54-52-50-48-46-44-42-39-36-34-32-30-28-26-24-22-20-18-16-14-11-8-5-2/h19,21,25-28,74H,4-18,20,22-24,29-73H2,1-3H3/b21-19-,27-25-,28-26-. The van der Waals surface area contributed by atoms with Crippen molar-refractivity contribution in [3.8, 4) is 0 Å². The van der Waals surface area contributed by atoms with E-state index in [2.05, 4.69) is 57.2 Å². The highest BCUT2D eigenvalue weighted by molar-refractivity contribution is 5.71. The zero-order chi connectivity index (χ0) is 59.9. The topological polar surface area (TPSA) is 78.9 Å². The Hall–Kier alpha value is -2.37. The molecule has 0 saturated heterocycles. The van der Waals surface area contributed by atoms with E-state index in [1.165, 1.54) is 308 Å². The lowest BCUT2D eigenvalue weighted by Gasteiger charge is -2.18. The summed E-state index contributed by atoms with van der Waals surface area (Å²) in [5.74, 6) is -0.852. The number of unbranched alkanes of at least 4 members (excludes halogenated alkanes) is 53. The molecule has 0 radical (unpaired) electrons. The van der Waals surface area contributed by atoms with Gasteiger partial charge in [0.2, 0.25) is 0 Å². The van der Waals surface area contributed by atoms with Gasteiger partial charge in [-0.3, -0.25) is 14.4 Å². The zero-order valence-corrected chi connectivity index (χ0v) is 56.2. The van der Waals surface area contributed by atoms with E-state index in [-0.39, 0.29) is 31.1 Å². The number of rotatable bonds is 70. The van der Waals surface area contributed by atoms with Crippen LogP contribution in [0.4, 0.5) is 0 Å². The van der Waals surface area contributed by atoms with Gasteiger partial charge >= 0.3 is 17.9 Å². The molecule has 0 aliphatic rings. The molecule has 0 amide bonds. The first kappa shape index (κ1) is 80.6. The van der Waals surface area contributed by atoms with Gasteiger partial charge in [-0.2, -0.15) is 0 Å². The number of hydrogen-bond acceptors (Lipinski definition) is 6. The third kappa shape index (κ3) is 70.3. The molecule has 0 saturated carbocycles. The Morgan fingerprint density at radius 2 is 0.434 bits per heavy atom. The van der Waals surface area contributed by atoms with Crippen LogP contribution < -0.4 is 0 Å². The average Bonchev–Trinajstić information content (AvgIpc) is 3.49. The summed E-state index contributed by atoms with van der Waals surface area (Å²) >= 11 is 0. The maximum atomic E-state index is 12.9. The lowest BCUT2D eigenvalue weighted by atomic mass is 10.0. The highest BCUT2D eigenvalue weighted by atomic mass is 16.6. The highest BCUT2D eigenvalue weighted by Crippen LogP contribution is 2.19. The largest absolute Gasteiger partial charge is 0.462 e. The van der Waals surface area contributed by atoms with Crippen LogP contribution in [-0.2, 0) is 28.6 Å². The number of allylic oxidation sites excluding steroid dienone is 6. The van der Waals surface area contributed by atoms with Gasteiger partial charge in [-0.25, -0.2) is 0 Å². The van der Waals surface area contributed by atoms with Gasteiger partial charge < -0.3 is 14.2 Å². The Kier molecular flexibility index (Phi) is 70.0. The Morgan fingerprint density at radius 3 is 0.675 bits per heavy atom. The molecule has 0 aromatic heterocycles. The second-order valence-corrected chi connectivity index (χ2v) is 25.6. The Labute approximate surface area is 518 Å². The first-order valence-corrected chi connectivity index (χ1v) is 37.5. The molecule has 1 unspecified atom stereocenters. The fraction of sp³-hybridized carbons (Fsp3) is 0.883. The van der Waals surface area contributed by atoms with Gasteiger partial charge in [0.25, 0.3) is 0 Å². The van der Waals surface area contributed by atoms with E-state index < -0.39 is 6.10 Å². The molecule has 488 valence electrons. The summed E-state index contributed by atoms with van der Waals surface area (Å²) in [6, 6.07) is 0. The Balaban J connectivity index is 3.89. The lowest BCUT2D eigenvalue weighted by molar-refractivity contribution is -0.167. The van der Waals surface area contributed by atoms with Crippen molar-refractivity contribution < 1.29 is 28.6 Å². The predicted molar refractivity (Wildman–Crippen MR) is 362 cm³/mol. The van der Waals surface area contributed by atoms with Crippen LogP contribution in [0.3, 0.4) is 0 Å². The molecule has 0 rings (SSSR count). The summed E-state index contributed by atoms with van der Waals surface area (Å²) in [6.07, 6.45) is 91.1. The fourth-order valence-corrected chi connectivity index (χ4v) is 11.5. The first-order valence-electron chi connectivity index (χ1n) is 37.5. The molecule has 6 nitrogen and oxygen atoms in total. The third-order valence-corrected chi connectivity index (χ3v) is 17.1. The van der Waals surface area contributed by atoms with Gasteiger partial charge in [-0.1, -0.05) is 359 Å². The predicted octanol–water partition coefficient (Wildman–Crippen LogP) is 25.9. The van der Waals surface area contributed by atoms with Crippen molar-refractivity contribution in [2.24, 2.45) is 0 Å². The number of carbonyl (C=O) groups excluding carboxylic acids is 3. The maximum absolute atomic E-state index is 12.9. The molecule has 6 heteroatoms. The SMILES string of the molecule is CCCCCCC/C=C\C/C=C\CCCCCCCCCCCCCCCCCCCCCC(=O)OCC(COC(=O)CCCCCCC)OC(=O)CCCCCCCCCCCCCCCCCCC/C=C\CCCCCCCCCC. The van der Waals surface area contributed by atoms with Crippen molar-refractivity contribution in [3.05, 3.63) is 36.5 Å². The van der Waals surface area contributed by atoms with Crippen molar-refractivity contribution in [1.29, 1.82) is 0 Å². The van der Waals surface area contributed by atoms with E-state index in [1.54, 1.807) is 0 Å². The summed E-state index contributed by atoms with van der Waals surface area (Å²) in [5.41, 5.74) is 0. The molecule has 0 aromatic carbocycles. The van der Waals surface area contributed by atoms with Crippen molar-refractivity contribution in [1.82, 2.24) is 0 Å². The van der Waals surface area contributed by atoms with Crippen LogP contribution >= 0.6 is 0 Å². The normalized spacial score (nSPS) is 12.2. The molecular formula is C77H144O6. The lowest BCUT2D eigenvalue weighted by Crippen LogP contribution is -2.30. The van der Waals surface area contributed by atoms with Crippen molar-refractivity contribution in [3.63, 3.8) is 0 Å². The molecule has 1 atom stereocenters. The minimum absolute atomic E-state index is 0.0664. The molecule has 0 aliphatic heterocycles. The van der Waals surface area contributed by atoms with Crippen molar-refractivity contribution in [2.45, 2.75) is 425 Å².